The van der Waals surface area contributed by atoms with Gasteiger partial charge in [0.2, 0.25) is 5.91 Å². The van der Waals surface area contributed by atoms with E-state index in [4.69, 9.17) is 0 Å². The third-order valence-corrected chi connectivity index (χ3v) is 3.59. The van der Waals surface area contributed by atoms with Crippen LogP contribution in [0, 0.1) is 0 Å². The molecule has 3 nitrogen and oxygen atoms in total. The molecule has 0 bridgehead atoms. The molecule has 1 aliphatic heterocycles. The molecule has 1 unspecified atom stereocenters. The third-order valence-electron chi connectivity index (χ3n) is 3.09. The molecule has 1 saturated heterocycles. The van der Waals surface area contributed by atoms with Crippen molar-refractivity contribution in [2.45, 2.75) is 24.9 Å². The lowest BCUT2D eigenvalue weighted by molar-refractivity contribution is -0.132. The Morgan fingerprint density at radius 2 is 2.25 bits per heavy atom. The van der Waals surface area contributed by atoms with Gasteiger partial charge in [0.25, 0.3) is 5.92 Å². The normalized spacial score (nSPS) is 20.3. The standard InChI is InChI=1S/C13H15BrF2N2O.ClH/c1-18(7-9-3-2-4-10(14)5-9)12(19)11-6-13(15,16)8-17-11;/h2-5,11,17H,6-8H2,1H3;1H. The number of likely N-dealkylation sites (N-methyl/N-ethyl adjacent to an activating group) is 1. The molecule has 1 amide bonds. The van der Waals surface area contributed by atoms with Crippen LogP contribution in [0.1, 0.15) is 12.0 Å². The first-order valence-electron chi connectivity index (χ1n) is 5.98. The summed E-state index contributed by atoms with van der Waals surface area (Å²) in [6.45, 7) is -0.0177. The molecular formula is C13H16BrClF2N2O. The minimum absolute atomic E-state index is 0. The van der Waals surface area contributed by atoms with Gasteiger partial charge in [-0.3, -0.25) is 10.1 Å². The summed E-state index contributed by atoms with van der Waals surface area (Å²) in [5.41, 5.74) is 0.954. The molecule has 1 aromatic carbocycles. The summed E-state index contributed by atoms with van der Waals surface area (Å²) in [4.78, 5) is 13.5. The first-order valence-corrected chi connectivity index (χ1v) is 6.77. The van der Waals surface area contributed by atoms with E-state index < -0.39 is 24.9 Å². The van der Waals surface area contributed by atoms with Crippen LogP contribution in [0.5, 0.6) is 0 Å². The van der Waals surface area contributed by atoms with Gasteiger partial charge in [0.1, 0.15) is 0 Å². The van der Waals surface area contributed by atoms with Crippen LogP contribution < -0.4 is 5.32 Å². The molecule has 2 rings (SSSR count). The molecule has 0 spiro atoms. The number of amides is 1. The molecular weight excluding hydrogens is 354 g/mol. The Balaban J connectivity index is 0.00000200. The SMILES string of the molecule is CN(Cc1cccc(Br)c1)C(=O)C1CC(F)(F)CN1.Cl. The Morgan fingerprint density at radius 3 is 2.80 bits per heavy atom. The highest BCUT2D eigenvalue weighted by Gasteiger charge is 2.43. The summed E-state index contributed by atoms with van der Waals surface area (Å²) in [6.07, 6.45) is -0.422. The fraction of sp³-hybridized carbons (Fsp3) is 0.462. The van der Waals surface area contributed by atoms with E-state index in [0.29, 0.717) is 6.54 Å². The monoisotopic (exact) mass is 368 g/mol. The lowest BCUT2D eigenvalue weighted by Crippen LogP contribution is -2.41. The first kappa shape index (κ1) is 17.3. The molecule has 1 heterocycles. The lowest BCUT2D eigenvalue weighted by atomic mass is 10.1. The molecule has 112 valence electrons. The van der Waals surface area contributed by atoms with E-state index in [2.05, 4.69) is 21.2 Å². The summed E-state index contributed by atoms with van der Waals surface area (Å²) < 4.78 is 27.0. The van der Waals surface area contributed by atoms with Crippen molar-refractivity contribution in [3.63, 3.8) is 0 Å². The molecule has 0 aromatic heterocycles. The first-order chi connectivity index (χ1) is 8.87. The Labute approximate surface area is 131 Å². The number of carbonyl (C=O) groups is 1. The molecule has 0 aliphatic carbocycles. The number of rotatable bonds is 3. The summed E-state index contributed by atoms with van der Waals surface area (Å²) in [7, 11) is 1.63. The average Bonchev–Trinajstić information content (AvgIpc) is 2.68. The minimum Gasteiger partial charge on any atom is -0.340 e. The van der Waals surface area contributed by atoms with Crippen molar-refractivity contribution in [1.29, 1.82) is 0 Å². The second-order valence-electron chi connectivity index (χ2n) is 4.82. The zero-order valence-corrected chi connectivity index (χ0v) is 13.3. The predicted octanol–water partition coefficient (Wildman–Crippen LogP) is 2.83. The van der Waals surface area contributed by atoms with E-state index in [1.807, 2.05) is 24.3 Å². The molecule has 20 heavy (non-hydrogen) atoms. The van der Waals surface area contributed by atoms with E-state index in [0.717, 1.165) is 10.0 Å². The van der Waals surface area contributed by atoms with Gasteiger partial charge >= 0.3 is 0 Å². The lowest BCUT2D eigenvalue weighted by Gasteiger charge is -2.21. The van der Waals surface area contributed by atoms with Crippen molar-refractivity contribution < 1.29 is 13.6 Å². The zero-order valence-electron chi connectivity index (χ0n) is 10.9. The highest BCUT2D eigenvalue weighted by atomic mass is 79.9. The van der Waals surface area contributed by atoms with Crippen molar-refractivity contribution in [3.05, 3.63) is 34.3 Å². The third kappa shape index (κ3) is 4.40. The largest absolute Gasteiger partial charge is 0.340 e. The number of carbonyl (C=O) groups excluding carboxylic acids is 1. The average molecular weight is 370 g/mol. The topological polar surface area (TPSA) is 32.3 Å². The van der Waals surface area contributed by atoms with Crippen LogP contribution in [0.4, 0.5) is 8.78 Å². The zero-order chi connectivity index (χ0) is 14.0. The van der Waals surface area contributed by atoms with Crippen LogP contribution >= 0.6 is 28.3 Å². The molecule has 1 aromatic rings. The van der Waals surface area contributed by atoms with Gasteiger partial charge in [0.05, 0.1) is 12.6 Å². The molecule has 7 heteroatoms. The van der Waals surface area contributed by atoms with E-state index >= 15 is 0 Å². The summed E-state index contributed by atoms with van der Waals surface area (Å²) in [6, 6.07) is 6.78. The van der Waals surface area contributed by atoms with Gasteiger partial charge in [-0.1, -0.05) is 28.1 Å². The van der Waals surface area contributed by atoms with E-state index in [-0.39, 0.29) is 18.3 Å². The number of nitrogens with zero attached hydrogens (tertiary/aromatic N) is 1. The van der Waals surface area contributed by atoms with Crippen molar-refractivity contribution in [2.24, 2.45) is 0 Å². The molecule has 0 radical (unpaired) electrons. The maximum absolute atomic E-state index is 13.1. The van der Waals surface area contributed by atoms with Crippen molar-refractivity contribution in [2.75, 3.05) is 13.6 Å². The van der Waals surface area contributed by atoms with Crippen LogP contribution in [0.2, 0.25) is 0 Å². The van der Waals surface area contributed by atoms with Gasteiger partial charge in [-0.2, -0.15) is 0 Å². The molecule has 1 N–H and O–H groups in total. The van der Waals surface area contributed by atoms with E-state index in [9.17, 15) is 13.6 Å². The Kier molecular flexibility index (Phi) is 5.91. The van der Waals surface area contributed by atoms with Gasteiger partial charge < -0.3 is 4.90 Å². The van der Waals surface area contributed by atoms with Crippen LogP contribution in [0.15, 0.2) is 28.7 Å². The second kappa shape index (κ2) is 6.83. The van der Waals surface area contributed by atoms with Crippen molar-refractivity contribution in [3.8, 4) is 0 Å². The van der Waals surface area contributed by atoms with Gasteiger partial charge in [0, 0.05) is 24.5 Å². The molecule has 1 aliphatic rings. The Hall–Kier alpha value is -0.720. The van der Waals surface area contributed by atoms with Crippen LogP contribution in [0.3, 0.4) is 0 Å². The van der Waals surface area contributed by atoms with Gasteiger partial charge in [-0.25, -0.2) is 8.78 Å². The number of hydrogen-bond donors (Lipinski definition) is 1. The number of hydrogen-bond acceptors (Lipinski definition) is 2. The number of nitrogens with one attached hydrogen (secondary N) is 1. The van der Waals surface area contributed by atoms with Gasteiger partial charge in [0.15, 0.2) is 0 Å². The second-order valence-corrected chi connectivity index (χ2v) is 5.73. The predicted molar refractivity (Wildman–Crippen MR) is 79.2 cm³/mol. The van der Waals surface area contributed by atoms with Gasteiger partial charge in [-0.15, -0.1) is 12.4 Å². The number of benzene rings is 1. The van der Waals surface area contributed by atoms with E-state index in [1.54, 1.807) is 7.05 Å². The summed E-state index contributed by atoms with van der Waals surface area (Å²) in [5.74, 6) is -3.08. The molecule has 1 atom stereocenters. The number of alkyl halides is 2. The van der Waals surface area contributed by atoms with Crippen molar-refractivity contribution in [1.82, 2.24) is 10.2 Å². The Morgan fingerprint density at radius 1 is 1.55 bits per heavy atom. The van der Waals surface area contributed by atoms with Gasteiger partial charge in [-0.05, 0) is 17.7 Å². The fourth-order valence-electron chi connectivity index (χ4n) is 2.14. The smallest absolute Gasteiger partial charge is 0.262 e. The summed E-state index contributed by atoms with van der Waals surface area (Å²) >= 11 is 3.36. The maximum Gasteiger partial charge on any atom is 0.262 e. The molecule has 0 saturated carbocycles. The fourth-order valence-corrected chi connectivity index (χ4v) is 2.59. The minimum atomic E-state index is -2.78. The van der Waals surface area contributed by atoms with Crippen LogP contribution in [0.25, 0.3) is 0 Å². The quantitative estimate of drug-likeness (QED) is 0.888. The van der Waals surface area contributed by atoms with E-state index in [1.165, 1.54) is 4.90 Å². The van der Waals surface area contributed by atoms with Crippen molar-refractivity contribution >= 4 is 34.2 Å². The van der Waals surface area contributed by atoms with Crippen LogP contribution in [-0.4, -0.2) is 36.4 Å². The maximum atomic E-state index is 13.1. The highest BCUT2D eigenvalue weighted by Crippen LogP contribution is 2.26. The summed E-state index contributed by atoms with van der Waals surface area (Å²) in [5, 5.41) is 2.57. The Bertz CT molecular complexity index is 487. The molecule has 1 fully saturated rings. The van der Waals surface area contributed by atoms with Crippen LogP contribution in [-0.2, 0) is 11.3 Å². The highest BCUT2D eigenvalue weighted by molar-refractivity contribution is 9.10. The number of halogens is 4.